The Balaban J connectivity index is 1.90. The predicted molar refractivity (Wildman–Crippen MR) is 90.8 cm³/mol. The normalized spacial score (nSPS) is 10.6. The van der Waals surface area contributed by atoms with Crippen molar-refractivity contribution in [2.45, 2.75) is 0 Å². The largest absolute Gasteiger partial charge is 0.477 e. The first-order chi connectivity index (χ1) is 11.5. The highest BCUT2D eigenvalue weighted by molar-refractivity contribution is 6.36. The average molecular weight is 368 g/mol. The highest BCUT2D eigenvalue weighted by Crippen LogP contribution is 2.25. The van der Waals surface area contributed by atoms with Crippen LogP contribution in [-0.4, -0.2) is 23.7 Å². The Hall–Kier alpha value is -2.64. The number of carbonyl (C=O) groups excluding carboxylic acids is 1. The lowest BCUT2D eigenvalue weighted by Gasteiger charge is -2.05. The summed E-state index contributed by atoms with van der Waals surface area (Å²) in [6.07, 6.45) is 1.35. The minimum Gasteiger partial charge on any atom is -0.477 e. The Morgan fingerprint density at radius 3 is 2.75 bits per heavy atom. The summed E-state index contributed by atoms with van der Waals surface area (Å²) >= 11 is 11.7. The van der Waals surface area contributed by atoms with Crippen molar-refractivity contribution in [1.29, 1.82) is 0 Å². The summed E-state index contributed by atoms with van der Waals surface area (Å²) in [6, 6.07) is 10.6. The molecule has 0 fully saturated rings. The second kappa shape index (κ2) is 8.28. The number of benzene rings is 2. The number of rotatable bonds is 6. The number of ether oxygens (including phenoxy) is 1. The van der Waals surface area contributed by atoms with Crippen LogP contribution in [0, 0.1) is 10.1 Å². The van der Waals surface area contributed by atoms with E-state index in [4.69, 9.17) is 27.9 Å². The van der Waals surface area contributed by atoms with Crippen molar-refractivity contribution >= 4 is 41.0 Å². The number of nitrogens with one attached hydrogen (secondary N) is 1. The third-order valence-electron chi connectivity index (χ3n) is 2.78. The SMILES string of the molecule is O=C(COc1ccccc1[N+](=O)[O-])N/N=C\c1ccc(Cl)cc1Cl. The quantitative estimate of drug-likeness (QED) is 0.480. The second-order valence-corrected chi connectivity index (χ2v) is 5.32. The topological polar surface area (TPSA) is 93.8 Å². The van der Waals surface area contributed by atoms with Gasteiger partial charge in [0, 0.05) is 16.7 Å². The number of hydrazone groups is 1. The summed E-state index contributed by atoms with van der Waals surface area (Å²) in [5.74, 6) is -0.572. The van der Waals surface area contributed by atoms with Gasteiger partial charge < -0.3 is 4.74 Å². The number of nitro groups is 1. The first-order valence-corrected chi connectivity index (χ1v) is 7.36. The van der Waals surface area contributed by atoms with Crippen molar-refractivity contribution in [2.24, 2.45) is 5.10 Å². The van der Waals surface area contributed by atoms with Crippen LogP contribution in [0.2, 0.25) is 10.0 Å². The molecule has 0 unspecified atom stereocenters. The molecule has 2 rings (SSSR count). The summed E-state index contributed by atoms with van der Waals surface area (Å²) in [5.41, 5.74) is 2.59. The molecule has 0 saturated carbocycles. The van der Waals surface area contributed by atoms with E-state index in [1.807, 2.05) is 0 Å². The van der Waals surface area contributed by atoms with E-state index >= 15 is 0 Å². The van der Waals surface area contributed by atoms with Gasteiger partial charge in [-0.3, -0.25) is 14.9 Å². The third kappa shape index (κ3) is 4.94. The molecule has 0 bridgehead atoms. The highest BCUT2D eigenvalue weighted by Gasteiger charge is 2.14. The van der Waals surface area contributed by atoms with Gasteiger partial charge in [0.2, 0.25) is 0 Å². The van der Waals surface area contributed by atoms with E-state index in [1.54, 1.807) is 24.3 Å². The summed E-state index contributed by atoms with van der Waals surface area (Å²) in [5, 5.41) is 15.4. The molecule has 0 aromatic heterocycles. The molecule has 7 nitrogen and oxygen atoms in total. The zero-order valence-corrected chi connectivity index (χ0v) is 13.6. The van der Waals surface area contributed by atoms with Crippen LogP contribution in [0.3, 0.4) is 0 Å². The van der Waals surface area contributed by atoms with Crippen LogP contribution in [0.1, 0.15) is 5.56 Å². The predicted octanol–water partition coefficient (Wildman–Crippen LogP) is 3.43. The summed E-state index contributed by atoms with van der Waals surface area (Å²) in [6.45, 7) is -0.420. The van der Waals surface area contributed by atoms with E-state index in [1.165, 1.54) is 24.4 Å². The number of amides is 1. The van der Waals surface area contributed by atoms with Crippen LogP contribution in [-0.2, 0) is 4.79 Å². The van der Waals surface area contributed by atoms with E-state index < -0.39 is 17.4 Å². The first-order valence-electron chi connectivity index (χ1n) is 6.60. The molecule has 0 heterocycles. The zero-order valence-electron chi connectivity index (χ0n) is 12.1. The maximum atomic E-state index is 11.7. The van der Waals surface area contributed by atoms with Gasteiger partial charge in [-0.2, -0.15) is 5.10 Å². The number of halogens is 2. The lowest BCUT2D eigenvalue weighted by atomic mass is 10.2. The molecule has 124 valence electrons. The molecule has 2 aromatic rings. The average Bonchev–Trinajstić information content (AvgIpc) is 2.55. The van der Waals surface area contributed by atoms with Crippen LogP contribution < -0.4 is 10.2 Å². The molecule has 2 aromatic carbocycles. The molecule has 24 heavy (non-hydrogen) atoms. The minimum atomic E-state index is -0.589. The highest BCUT2D eigenvalue weighted by atomic mass is 35.5. The fraction of sp³-hybridized carbons (Fsp3) is 0.0667. The molecule has 0 atom stereocenters. The van der Waals surface area contributed by atoms with Gasteiger partial charge in [-0.05, 0) is 18.2 Å². The summed E-state index contributed by atoms with van der Waals surface area (Å²) in [4.78, 5) is 21.9. The lowest BCUT2D eigenvalue weighted by Crippen LogP contribution is -2.24. The van der Waals surface area contributed by atoms with Gasteiger partial charge in [-0.25, -0.2) is 5.43 Å². The van der Waals surface area contributed by atoms with E-state index in [2.05, 4.69) is 10.5 Å². The number of hydrogen-bond acceptors (Lipinski definition) is 5. The minimum absolute atomic E-state index is 0.00220. The molecule has 0 aliphatic heterocycles. The van der Waals surface area contributed by atoms with Gasteiger partial charge in [0.15, 0.2) is 12.4 Å². The number of carbonyl (C=O) groups is 1. The van der Waals surface area contributed by atoms with Crippen LogP contribution >= 0.6 is 23.2 Å². The molecular formula is C15H11Cl2N3O4. The Morgan fingerprint density at radius 1 is 1.29 bits per heavy atom. The van der Waals surface area contributed by atoms with Gasteiger partial charge >= 0.3 is 5.69 Å². The standard InChI is InChI=1S/C15H11Cl2N3O4/c16-11-6-5-10(12(17)7-11)8-18-19-15(21)9-24-14-4-2-1-3-13(14)20(22)23/h1-8H,9H2,(H,19,21)/b18-8-. The monoisotopic (exact) mass is 367 g/mol. The Bertz CT molecular complexity index is 796. The molecule has 0 spiro atoms. The van der Waals surface area contributed by atoms with Crippen molar-refractivity contribution in [3.8, 4) is 5.75 Å². The summed E-state index contributed by atoms with van der Waals surface area (Å²) in [7, 11) is 0. The van der Waals surface area contributed by atoms with Gasteiger partial charge in [-0.1, -0.05) is 41.4 Å². The Morgan fingerprint density at radius 2 is 2.04 bits per heavy atom. The summed E-state index contributed by atoms with van der Waals surface area (Å²) < 4.78 is 5.13. The van der Waals surface area contributed by atoms with Gasteiger partial charge in [-0.15, -0.1) is 0 Å². The van der Waals surface area contributed by atoms with Gasteiger partial charge in [0.05, 0.1) is 16.2 Å². The van der Waals surface area contributed by atoms with Gasteiger partial charge in [0.1, 0.15) is 0 Å². The van der Waals surface area contributed by atoms with Crippen molar-refractivity contribution in [3.05, 3.63) is 68.2 Å². The Kier molecular flexibility index (Phi) is 6.11. The molecule has 1 N–H and O–H groups in total. The number of nitrogens with zero attached hydrogens (tertiary/aromatic N) is 2. The first kappa shape index (κ1) is 17.7. The van der Waals surface area contributed by atoms with Crippen molar-refractivity contribution in [1.82, 2.24) is 5.43 Å². The molecule has 0 radical (unpaired) electrons. The van der Waals surface area contributed by atoms with Crippen molar-refractivity contribution < 1.29 is 14.5 Å². The zero-order chi connectivity index (χ0) is 17.5. The van der Waals surface area contributed by atoms with Crippen molar-refractivity contribution in [2.75, 3.05) is 6.61 Å². The van der Waals surface area contributed by atoms with Crippen LogP contribution in [0.5, 0.6) is 5.75 Å². The maximum absolute atomic E-state index is 11.7. The van der Waals surface area contributed by atoms with Crippen LogP contribution in [0.4, 0.5) is 5.69 Å². The fourth-order valence-corrected chi connectivity index (χ4v) is 2.14. The number of para-hydroxylation sites is 2. The third-order valence-corrected chi connectivity index (χ3v) is 3.34. The maximum Gasteiger partial charge on any atom is 0.310 e. The van der Waals surface area contributed by atoms with E-state index in [-0.39, 0.29) is 11.4 Å². The van der Waals surface area contributed by atoms with E-state index in [9.17, 15) is 14.9 Å². The second-order valence-electron chi connectivity index (χ2n) is 4.47. The van der Waals surface area contributed by atoms with Crippen LogP contribution in [0.15, 0.2) is 47.6 Å². The van der Waals surface area contributed by atoms with E-state index in [0.717, 1.165) is 0 Å². The number of nitro benzene ring substituents is 1. The molecular weight excluding hydrogens is 357 g/mol. The fourth-order valence-electron chi connectivity index (χ4n) is 1.69. The van der Waals surface area contributed by atoms with E-state index in [0.29, 0.717) is 15.6 Å². The number of hydrogen-bond donors (Lipinski definition) is 1. The lowest BCUT2D eigenvalue weighted by molar-refractivity contribution is -0.385. The van der Waals surface area contributed by atoms with Gasteiger partial charge in [0.25, 0.3) is 5.91 Å². The molecule has 1 amide bonds. The molecule has 9 heteroatoms. The molecule has 0 aliphatic rings. The Labute approximate surface area is 147 Å². The van der Waals surface area contributed by atoms with Crippen molar-refractivity contribution in [3.63, 3.8) is 0 Å². The smallest absolute Gasteiger partial charge is 0.310 e. The molecule has 0 aliphatic carbocycles. The van der Waals surface area contributed by atoms with Crippen LogP contribution in [0.25, 0.3) is 0 Å². The molecule has 0 saturated heterocycles.